The fraction of sp³-hybridized carbons (Fsp3) is 0.278. The van der Waals surface area contributed by atoms with E-state index in [2.05, 4.69) is 15.6 Å². The Labute approximate surface area is 158 Å². The van der Waals surface area contributed by atoms with Crippen molar-refractivity contribution in [3.05, 3.63) is 71.3 Å². The maximum absolute atomic E-state index is 13.6. The van der Waals surface area contributed by atoms with Gasteiger partial charge in [0.1, 0.15) is 0 Å². The lowest BCUT2D eigenvalue weighted by molar-refractivity contribution is 0.498. The van der Waals surface area contributed by atoms with E-state index in [0.29, 0.717) is 24.5 Å². The number of hydrogen-bond acceptors (Lipinski definition) is 1. The second-order valence-electron chi connectivity index (χ2n) is 5.24. The lowest BCUT2D eigenvalue weighted by Crippen LogP contribution is -2.39. The van der Waals surface area contributed by atoms with Crippen molar-refractivity contribution in [1.82, 2.24) is 10.6 Å². The summed E-state index contributed by atoms with van der Waals surface area (Å²) in [4.78, 5) is 4.15. The van der Waals surface area contributed by atoms with Crippen molar-refractivity contribution < 1.29 is 8.78 Å². The first-order valence-corrected chi connectivity index (χ1v) is 7.57. The molecule has 0 radical (unpaired) electrons. The molecule has 0 aliphatic rings. The zero-order valence-electron chi connectivity index (χ0n) is 13.7. The van der Waals surface area contributed by atoms with Gasteiger partial charge in [-0.25, -0.2) is 8.78 Å². The summed E-state index contributed by atoms with van der Waals surface area (Å²) in [6.07, 6.45) is 0.379. The lowest BCUT2D eigenvalue weighted by Gasteiger charge is -2.18. The van der Waals surface area contributed by atoms with Crippen LogP contribution in [0.25, 0.3) is 0 Å². The molecule has 2 aromatic carbocycles. The molecule has 0 saturated carbocycles. The molecule has 0 aliphatic heterocycles. The van der Waals surface area contributed by atoms with Crippen LogP contribution in [-0.4, -0.2) is 19.6 Å². The number of hydrogen-bond donors (Lipinski definition) is 2. The molecule has 2 N–H and O–H groups in total. The van der Waals surface area contributed by atoms with Crippen LogP contribution >= 0.6 is 24.0 Å². The van der Waals surface area contributed by atoms with Crippen LogP contribution in [0, 0.1) is 11.6 Å². The Morgan fingerprint density at radius 2 is 1.79 bits per heavy atom. The van der Waals surface area contributed by atoms with Crippen molar-refractivity contribution in [3.8, 4) is 0 Å². The van der Waals surface area contributed by atoms with E-state index in [4.69, 9.17) is 0 Å². The van der Waals surface area contributed by atoms with Crippen molar-refractivity contribution in [1.29, 1.82) is 0 Å². The third-order valence-corrected chi connectivity index (χ3v) is 3.59. The summed E-state index contributed by atoms with van der Waals surface area (Å²) in [5.41, 5.74) is 1.50. The fourth-order valence-corrected chi connectivity index (χ4v) is 2.28. The molecule has 0 aliphatic carbocycles. The van der Waals surface area contributed by atoms with Crippen LogP contribution in [0.3, 0.4) is 0 Å². The average Bonchev–Trinajstić information content (AvgIpc) is 2.58. The van der Waals surface area contributed by atoms with Crippen molar-refractivity contribution in [2.75, 3.05) is 13.6 Å². The molecule has 0 spiro atoms. The summed E-state index contributed by atoms with van der Waals surface area (Å²) < 4.78 is 26.8. The van der Waals surface area contributed by atoms with Gasteiger partial charge in [0.2, 0.25) is 0 Å². The summed E-state index contributed by atoms with van der Waals surface area (Å²) in [7, 11) is 1.68. The SMILES string of the molecule is CN=C(NCCc1cccc(F)c1F)NC(C)c1ccccc1.I. The third-order valence-electron chi connectivity index (χ3n) is 3.59. The lowest BCUT2D eigenvalue weighted by atomic mass is 10.1. The van der Waals surface area contributed by atoms with Crippen LogP contribution < -0.4 is 10.6 Å². The zero-order valence-corrected chi connectivity index (χ0v) is 16.1. The molecule has 2 aromatic rings. The monoisotopic (exact) mass is 445 g/mol. The Kier molecular flexibility index (Phi) is 8.67. The van der Waals surface area contributed by atoms with Gasteiger partial charge < -0.3 is 10.6 Å². The quantitative estimate of drug-likeness (QED) is 0.414. The van der Waals surface area contributed by atoms with Crippen LogP contribution in [0.15, 0.2) is 53.5 Å². The number of aliphatic imine (C=N–C) groups is 1. The minimum absolute atomic E-state index is 0. The summed E-state index contributed by atoms with van der Waals surface area (Å²) in [5.74, 6) is -0.976. The van der Waals surface area contributed by atoms with Crippen molar-refractivity contribution in [2.24, 2.45) is 4.99 Å². The van der Waals surface area contributed by atoms with E-state index in [1.54, 1.807) is 13.1 Å². The number of benzene rings is 2. The van der Waals surface area contributed by atoms with E-state index in [0.717, 1.165) is 11.6 Å². The second kappa shape index (κ2) is 10.2. The first kappa shape index (κ1) is 20.3. The second-order valence-corrected chi connectivity index (χ2v) is 5.24. The predicted molar refractivity (Wildman–Crippen MR) is 105 cm³/mol. The largest absolute Gasteiger partial charge is 0.356 e. The molecular formula is C18H22F2IN3. The van der Waals surface area contributed by atoms with Gasteiger partial charge in [0.05, 0.1) is 6.04 Å². The van der Waals surface area contributed by atoms with Gasteiger partial charge in [-0.1, -0.05) is 42.5 Å². The molecule has 1 atom stereocenters. The van der Waals surface area contributed by atoms with Crippen LogP contribution in [0.2, 0.25) is 0 Å². The summed E-state index contributed by atoms with van der Waals surface area (Å²) in [6.45, 7) is 2.50. The van der Waals surface area contributed by atoms with Gasteiger partial charge in [-0.05, 0) is 30.5 Å². The van der Waals surface area contributed by atoms with Crippen LogP contribution in [0.1, 0.15) is 24.1 Å². The smallest absolute Gasteiger partial charge is 0.191 e. The Morgan fingerprint density at radius 1 is 1.08 bits per heavy atom. The fourth-order valence-electron chi connectivity index (χ4n) is 2.28. The highest BCUT2D eigenvalue weighted by Crippen LogP contribution is 2.12. The van der Waals surface area contributed by atoms with Gasteiger partial charge in [0, 0.05) is 13.6 Å². The molecule has 2 rings (SSSR count). The average molecular weight is 445 g/mol. The Morgan fingerprint density at radius 3 is 2.46 bits per heavy atom. The van der Waals surface area contributed by atoms with E-state index in [1.165, 1.54) is 6.07 Å². The molecule has 1 unspecified atom stereocenters. The zero-order chi connectivity index (χ0) is 16.7. The number of guanidine groups is 1. The van der Waals surface area contributed by atoms with E-state index in [-0.39, 0.29) is 30.0 Å². The normalized spacial score (nSPS) is 12.2. The number of nitrogens with zero attached hydrogens (tertiary/aromatic N) is 1. The standard InChI is InChI=1S/C18H21F2N3.HI/c1-13(14-7-4-3-5-8-14)23-18(21-2)22-12-11-15-9-6-10-16(19)17(15)20;/h3-10,13H,11-12H2,1-2H3,(H2,21,22,23);1H. The summed E-state index contributed by atoms with van der Waals surface area (Å²) in [6, 6.07) is 14.3. The van der Waals surface area contributed by atoms with Crippen LogP contribution in [-0.2, 0) is 6.42 Å². The van der Waals surface area contributed by atoms with Crippen LogP contribution in [0.5, 0.6) is 0 Å². The highest BCUT2D eigenvalue weighted by atomic mass is 127. The maximum Gasteiger partial charge on any atom is 0.191 e. The molecule has 3 nitrogen and oxygen atoms in total. The minimum Gasteiger partial charge on any atom is -0.356 e. The molecular weight excluding hydrogens is 423 g/mol. The predicted octanol–water partition coefficient (Wildman–Crippen LogP) is 4.05. The molecule has 24 heavy (non-hydrogen) atoms. The highest BCUT2D eigenvalue weighted by Gasteiger charge is 2.09. The summed E-state index contributed by atoms with van der Waals surface area (Å²) >= 11 is 0. The van der Waals surface area contributed by atoms with Crippen molar-refractivity contribution in [3.63, 3.8) is 0 Å². The molecule has 0 fully saturated rings. The third kappa shape index (κ3) is 5.74. The van der Waals surface area contributed by atoms with E-state index < -0.39 is 11.6 Å². The van der Waals surface area contributed by atoms with E-state index in [1.807, 2.05) is 37.3 Å². The van der Waals surface area contributed by atoms with Gasteiger partial charge >= 0.3 is 0 Å². The number of nitrogens with one attached hydrogen (secondary N) is 2. The van der Waals surface area contributed by atoms with Gasteiger partial charge in [-0.3, -0.25) is 4.99 Å². The number of rotatable bonds is 5. The maximum atomic E-state index is 13.6. The highest BCUT2D eigenvalue weighted by molar-refractivity contribution is 14.0. The molecule has 0 aromatic heterocycles. The molecule has 0 amide bonds. The topological polar surface area (TPSA) is 36.4 Å². The molecule has 0 bridgehead atoms. The minimum atomic E-state index is -0.817. The first-order chi connectivity index (χ1) is 11.1. The van der Waals surface area contributed by atoms with E-state index in [9.17, 15) is 8.78 Å². The Balaban J connectivity index is 0.00000288. The van der Waals surface area contributed by atoms with Gasteiger partial charge in [-0.2, -0.15) is 0 Å². The molecule has 0 heterocycles. The molecule has 0 saturated heterocycles. The number of halogens is 3. The van der Waals surface area contributed by atoms with Gasteiger partial charge in [0.15, 0.2) is 17.6 Å². The summed E-state index contributed by atoms with van der Waals surface area (Å²) in [5, 5.41) is 6.38. The van der Waals surface area contributed by atoms with Gasteiger partial charge in [-0.15, -0.1) is 24.0 Å². The van der Waals surface area contributed by atoms with Crippen molar-refractivity contribution >= 4 is 29.9 Å². The molecule has 6 heteroatoms. The van der Waals surface area contributed by atoms with E-state index >= 15 is 0 Å². The van der Waals surface area contributed by atoms with Crippen molar-refractivity contribution in [2.45, 2.75) is 19.4 Å². The first-order valence-electron chi connectivity index (χ1n) is 7.57. The van der Waals surface area contributed by atoms with Crippen LogP contribution in [0.4, 0.5) is 8.78 Å². The Bertz CT molecular complexity index is 663. The van der Waals surface area contributed by atoms with Gasteiger partial charge in [0.25, 0.3) is 0 Å². The Hall–Kier alpha value is -1.70. The molecule has 130 valence electrons.